The molecule has 1 amide bonds. The summed E-state index contributed by atoms with van der Waals surface area (Å²) in [7, 11) is 1.28. The minimum absolute atomic E-state index is 0.108. The molecule has 1 aromatic carbocycles. The molecule has 0 spiro atoms. The number of benzene rings is 1. The molecule has 0 heterocycles. The Bertz CT molecular complexity index is 502. The number of nitrogens with one attached hydrogen (secondary N) is 1. The number of aromatic hydroxyl groups is 1. The summed E-state index contributed by atoms with van der Waals surface area (Å²) < 4.78 is 5.34. The van der Waals surface area contributed by atoms with E-state index in [1.807, 2.05) is 13.8 Å². The number of ether oxygens (including phenoxy) is 1. The summed E-state index contributed by atoms with van der Waals surface area (Å²) in [5, 5.41) is 12.3. The highest BCUT2D eigenvalue weighted by molar-refractivity contribution is 9.10. The molecule has 0 aromatic heterocycles. The molecule has 20 heavy (non-hydrogen) atoms. The van der Waals surface area contributed by atoms with E-state index in [4.69, 9.17) is 0 Å². The second kappa shape index (κ2) is 7.28. The monoisotopic (exact) mass is 343 g/mol. The van der Waals surface area contributed by atoms with E-state index in [0.717, 1.165) is 0 Å². The number of phenols is 1. The maximum absolute atomic E-state index is 12.1. The van der Waals surface area contributed by atoms with Gasteiger partial charge in [-0.3, -0.25) is 4.79 Å². The van der Waals surface area contributed by atoms with E-state index in [-0.39, 0.29) is 17.2 Å². The van der Waals surface area contributed by atoms with Gasteiger partial charge in [0.15, 0.2) is 0 Å². The molecule has 1 atom stereocenters. The van der Waals surface area contributed by atoms with E-state index in [1.54, 1.807) is 6.07 Å². The minimum atomic E-state index is -0.731. The standard InChI is InChI=1S/C14H18BrNO4/c1-8(2)6-11(14(19)20-3)16-13(18)10-7-9(15)4-5-12(10)17/h4-5,7-8,11,17H,6H2,1-3H3,(H,16,18). The summed E-state index contributed by atoms with van der Waals surface area (Å²) in [5.41, 5.74) is 0.108. The number of hydrogen-bond acceptors (Lipinski definition) is 4. The predicted molar refractivity (Wildman–Crippen MR) is 78.5 cm³/mol. The van der Waals surface area contributed by atoms with Crippen LogP contribution in [0.15, 0.2) is 22.7 Å². The molecular weight excluding hydrogens is 326 g/mol. The molecule has 0 bridgehead atoms. The second-order valence-electron chi connectivity index (χ2n) is 4.84. The average molecular weight is 344 g/mol. The maximum Gasteiger partial charge on any atom is 0.328 e. The number of halogens is 1. The van der Waals surface area contributed by atoms with Crippen molar-refractivity contribution in [1.29, 1.82) is 0 Å². The van der Waals surface area contributed by atoms with Crippen LogP contribution < -0.4 is 5.32 Å². The zero-order valence-corrected chi connectivity index (χ0v) is 13.2. The molecule has 0 radical (unpaired) electrons. The van der Waals surface area contributed by atoms with Gasteiger partial charge < -0.3 is 15.2 Å². The zero-order valence-electron chi connectivity index (χ0n) is 11.6. The van der Waals surface area contributed by atoms with Crippen molar-refractivity contribution in [2.24, 2.45) is 5.92 Å². The highest BCUT2D eigenvalue weighted by Gasteiger charge is 2.24. The molecule has 0 saturated heterocycles. The van der Waals surface area contributed by atoms with Gasteiger partial charge in [0.2, 0.25) is 0 Å². The van der Waals surface area contributed by atoms with Crippen molar-refractivity contribution < 1.29 is 19.4 Å². The summed E-state index contributed by atoms with van der Waals surface area (Å²) in [6, 6.07) is 3.80. The lowest BCUT2D eigenvalue weighted by Crippen LogP contribution is -2.42. The van der Waals surface area contributed by atoms with Gasteiger partial charge in [-0.1, -0.05) is 29.8 Å². The number of rotatable bonds is 5. The SMILES string of the molecule is COC(=O)C(CC(C)C)NC(=O)c1cc(Br)ccc1O. The van der Waals surface area contributed by atoms with Gasteiger partial charge in [0.25, 0.3) is 5.91 Å². The molecule has 0 aliphatic heterocycles. The number of carbonyl (C=O) groups excluding carboxylic acids is 2. The predicted octanol–water partition coefficient (Wildman–Crippen LogP) is 2.47. The molecule has 5 nitrogen and oxygen atoms in total. The number of carbonyl (C=O) groups is 2. The van der Waals surface area contributed by atoms with Gasteiger partial charge in [-0.2, -0.15) is 0 Å². The Morgan fingerprint density at radius 3 is 2.60 bits per heavy atom. The summed E-state index contributed by atoms with van der Waals surface area (Å²) >= 11 is 3.23. The molecule has 6 heteroatoms. The summed E-state index contributed by atoms with van der Waals surface area (Å²) in [6.45, 7) is 3.89. The first kappa shape index (κ1) is 16.5. The maximum atomic E-state index is 12.1. The smallest absolute Gasteiger partial charge is 0.328 e. The molecule has 1 rings (SSSR count). The number of methoxy groups -OCH3 is 1. The Hall–Kier alpha value is -1.56. The molecular formula is C14H18BrNO4. The molecule has 1 aromatic rings. The minimum Gasteiger partial charge on any atom is -0.507 e. The first-order chi connectivity index (χ1) is 9.35. The van der Waals surface area contributed by atoms with Crippen molar-refractivity contribution in [2.45, 2.75) is 26.3 Å². The molecule has 0 aliphatic carbocycles. The first-order valence-electron chi connectivity index (χ1n) is 6.22. The first-order valence-corrected chi connectivity index (χ1v) is 7.01. The molecule has 1 unspecified atom stereocenters. The normalized spacial score (nSPS) is 12.1. The number of amides is 1. The van der Waals surface area contributed by atoms with Crippen LogP contribution in [0.25, 0.3) is 0 Å². The quantitative estimate of drug-likeness (QED) is 0.805. The van der Waals surface area contributed by atoms with Crippen LogP contribution in [0.4, 0.5) is 0 Å². The Kier molecular flexibility index (Phi) is 6.01. The van der Waals surface area contributed by atoms with Crippen LogP contribution in [0.1, 0.15) is 30.6 Å². The summed E-state index contributed by atoms with van der Waals surface area (Å²) in [5.74, 6) is -0.934. The largest absolute Gasteiger partial charge is 0.507 e. The van der Waals surface area contributed by atoms with Gasteiger partial charge in [0.1, 0.15) is 11.8 Å². The molecule has 2 N–H and O–H groups in total. The van der Waals surface area contributed by atoms with Crippen molar-refractivity contribution in [3.63, 3.8) is 0 Å². The third-order valence-corrected chi connectivity index (χ3v) is 3.19. The van der Waals surface area contributed by atoms with Crippen LogP contribution in [0.3, 0.4) is 0 Å². The Morgan fingerprint density at radius 1 is 1.40 bits per heavy atom. The number of esters is 1. The fourth-order valence-corrected chi connectivity index (χ4v) is 2.11. The number of phenolic OH excluding ortho intramolecular Hbond substituents is 1. The molecule has 110 valence electrons. The lowest BCUT2D eigenvalue weighted by Gasteiger charge is -2.18. The van der Waals surface area contributed by atoms with Crippen LogP contribution in [0.2, 0.25) is 0 Å². The number of hydrogen-bond donors (Lipinski definition) is 2. The Morgan fingerprint density at radius 2 is 2.05 bits per heavy atom. The fourth-order valence-electron chi connectivity index (χ4n) is 1.75. The summed E-state index contributed by atoms with van der Waals surface area (Å²) in [6.07, 6.45) is 0.465. The van der Waals surface area contributed by atoms with Gasteiger partial charge in [-0.05, 0) is 30.5 Å². The Balaban J connectivity index is 2.90. The van der Waals surface area contributed by atoms with E-state index >= 15 is 0 Å². The highest BCUT2D eigenvalue weighted by atomic mass is 79.9. The van der Waals surface area contributed by atoms with Crippen LogP contribution >= 0.6 is 15.9 Å². The summed E-state index contributed by atoms with van der Waals surface area (Å²) in [4.78, 5) is 23.8. The molecule has 0 aliphatic rings. The van der Waals surface area contributed by atoms with E-state index in [0.29, 0.717) is 10.9 Å². The highest BCUT2D eigenvalue weighted by Crippen LogP contribution is 2.22. The van der Waals surface area contributed by atoms with E-state index in [1.165, 1.54) is 19.2 Å². The third kappa shape index (κ3) is 4.52. The van der Waals surface area contributed by atoms with Crippen molar-refractivity contribution >= 4 is 27.8 Å². The van der Waals surface area contributed by atoms with Crippen molar-refractivity contribution in [1.82, 2.24) is 5.32 Å². The van der Waals surface area contributed by atoms with Crippen LogP contribution in [0.5, 0.6) is 5.75 Å². The van der Waals surface area contributed by atoms with Gasteiger partial charge in [-0.25, -0.2) is 4.79 Å². The van der Waals surface area contributed by atoms with E-state index in [9.17, 15) is 14.7 Å². The van der Waals surface area contributed by atoms with E-state index in [2.05, 4.69) is 26.0 Å². The van der Waals surface area contributed by atoms with Gasteiger partial charge in [0.05, 0.1) is 12.7 Å². The fraction of sp³-hybridized carbons (Fsp3) is 0.429. The van der Waals surface area contributed by atoms with Crippen LogP contribution in [0, 0.1) is 5.92 Å². The van der Waals surface area contributed by atoms with Crippen molar-refractivity contribution in [3.8, 4) is 5.75 Å². The second-order valence-corrected chi connectivity index (χ2v) is 5.76. The topological polar surface area (TPSA) is 75.6 Å². The van der Waals surface area contributed by atoms with Gasteiger partial charge in [0, 0.05) is 4.47 Å². The van der Waals surface area contributed by atoms with Gasteiger partial charge >= 0.3 is 5.97 Å². The lowest BCUT2D eigenvalue weighted by atomic mass is 10.0. The van der Waals surface area contributed by atoms with E-state index < -0.39 is 17.9 Å². The average Bonchev–Trinajstić information content (AvgIpc) is 2.39. The molecule has 0 fully saturated rings. The van der Waals surface area contributed by atoms with Crippen LogP contribution in [-0.4, -0.2) is 30.1 Å². The zero-order chi connectivity index (χ0) is 15.3. The van der Waals surface area contributed by atoms with Crippen LogP contribution in [-0.2, 0) is 9.53 Å². The third-order valence-electron chi connectivity index (χ3n) is 2.70. The van der Waals surface area contributed by atoms with Crippen molar-refractivity contribution in [2.75, 3.05) is 7.11 Å². The van der Waals surface area contributed by atoms with Crippen molar-refractivity contribution in [3.05, 3.63) is 28.2 Å². The molecule has 0 saturated carbocycles. The van der Waals surface area contributed by atoms with Gasteiger partial charge in [-0.15, -0.1) is 0 Å². The Labute approximate surface area is 126 Å². The lowest BCUT2D eigenvalue weighted by molar-refractivity contribution is -0.143.